The molecule has 154 valence electrons. The molecule has 4 aromatic rings. The van der Waals surface area contributed by atoms with Gasteiger partial charge in [-0.3, -0.25) is 0 Å². The molecule has 0 aliphatic heterocycles. The van der Waals surface area contributed by atoms with Gasteiger partial charge >= 0.3 is 0 Å². The Morgan fingerprint density at radius 1 is 1.03 bits per heavy atom. The molecular formula is C23H20ClFN2O2S. The van der Waals surface area contributed by atoms with Crippen LogP contribution in [0.1, 0.15) is 6.92 Å². The van der Waals surface area contributed by atoms with Crippen LogP contribution in [0.3, 0.4) is 0 Å². The third-order valence-electron chi connectivity index (χ3n) is 4.53. The molecule has 0 saturated carbocycles. The summed E-state index contributed by atoms with van der Waals surface area (Å²) in [7, 11) is 0. The lowest BCUT2D eigenvalue weighted by atomic mass is 10.1. The summed E-state index contributed by atoms with van der Waals surface area (Å²) in [6.07, 6.45) is 0. The predicted molar refractivity (Wildman–Crippen MR) is 119 cm³/mol. The number of hydrogen-bond donors (Lipinski definition) is 0. The molecule has 0 amide bonds. The molecule has 0 N–H and O–H groups in total. The normalized spacial score (nSPS) is 10.9. The summed E-state index contributed by atoms with van der Waals surface area (Å²) in [6.45, 7) is 2.74. The van der Waals surface area contributed by atoms with Crippen molar-refractivity contribution in [2.24, 2.45) is 0 Å². The summed E-state index contributed by atoms with van der Waals surface area (Å²) < 4.78 is 27.7. The van der Waals surface area contributed by atoms with Gasteiger partial charge in [-0.05, 0) is 47.0 Å². The van der Waals surface area contributed by atoms with E-state index in [-0.39, 0.29) is 18.2 Å². The topological polar surface area (TPSA) is 36.3 Å². The maximum atomic E-state index is 14.9. The minimum atomic E-state index is -0.471. The number of nitrogens with zero attached hydrogens (tertiary/aromatic N) is 2. The summed E-state index contributed by atoms with van der Waals surface area (Å²) in [5.41, 5.74) is 3.11. The summed E-state index contributed by atoms with van der Waals surface area (Å²) in [5.74, 6) is 0.213. The maximum absolute atomic E-state index is 14.9. The van der Waals surface area contributed by atoms with E-state index in [1.807, 2.05) is 66.9 Å². The van der Waals surface area contributed by atoms with Crippen LogP contribution in [0.5, 0.6) is 11.6 Å². The fourth-order valence-electron chi connectivity index (χ4n) is 3.10. The average molecular weight is 443 g/mol. The molecule has 0 atom stereocenters. The van der Waals surface area contributed by atoms with Gasteiger partial charge in [-0.1, -0.05) is 48.0 Å². The molecule has 0 saturated heterocycles. The highest BCUT2D eigenvalue weighted by Crippen LogP contribution is 2.32. The lowest BCUT2D eigenvalue weighted by molar-refractivity contribution is 0.253. The first-order chi connectivity index (χ1) is 14.7. The smallest absolute Gasteiger partial charge is 0.249 e. The molecule has 30 heavy (non-hydrogen) atoms. The molecule has 0 aliphatic carbocycles. The molecule has 0 spiro atoms. The molecule has 0 unspecified atom stereocenters. The number of benzene rings is 2. The van der Waals surface area contributed by atoms with E-state index >= 15 is 0 Å². The Hall–Kier alpha value is -2.83. The van der Waals surface area contributed by atoms with E-state index in [0.717, 1.165) is 11.1 Å². The minimum Gasteiger partial charge on any atom is -0.490 e. The largest absolute Gasteiger partial charge is 0.490 e. The van der Waals surface area contributed by atoms with Crippen molar-refractivity contribution in [2.45, 2.75) is 13.5 Å². The van der Waals surface area contributed by atoms with Gasteiger partial charge in [-0.15, -0.1) is 0 Å². The van der Waals surface area contributed by atoms with Crippen LogP contribution in [0.25, 0.3) is 22.4 Å². The van der Waals surface area contributed by atoms with E-state index in [1.54, 1.807) is 11.3 Å². The number of rotatable bonds is 8. The molecule has 0 bridgehead atoms. The third kappa shape index (κ3) is 4.35. The third-order valence-corrected chi connectivity index (χ3v) is 5.50. The Labute approximate surface area is 183 Å². The van der Waals surface area contributed by atoms with Crippen molar-refractivity contribution < 1.29 is 13.9 Å². The van der Waals surface area contributed by atoms with Gasteiger partial charge in [0.05, 0.1) is 18.2 Å². The van der Waals surface area contributed by atoms with Gasteiger partial charge in [-0.2, -0.15) is 20.8 Å². The molecule has 0 fully saturated rings. The van der Waals surface area contributed by atoms with Crippen LogP contribution < -0.4 is 9.47 Å². The number of halogens is 2. The number of hydrogen-bond acceptors (Lipinski definition) is 4. The second-order valence-corrected chi connectivity index (χ2v) is 7.68. The summed E-state index contributed by atoms with van der Waals surface area (Å²) in [4.78, 5) is 0. The van der Waals surface area contributed by atoms with Crippen LogP contribution in [-0.4, -0.2) is 23.0 Å². The van der Waals surface area contributed by atoms with Crippen molar-refractivity contribution >= 4 is 22.9 Å². The molecule has 4 nitrogen and oxygen atoms in total. The minimum absolute atomic E-state index is 0.110. The monoisotopic (exact) mass is 442 g/mol. The van der Waals surface area contributed by atoms with Crippen LogP contribution in [-0.2, 0) is 6.54 Å². The number of thiophene rings is 1. The van der Waals surface area contributed by atoms with Crippen molar-refractivity contribution in [3.8, 4) is 34.0 Å². The zero-order valence-electron chi connectivity index (χ0n) is 16.3. The van der Waals surface area contributed by atoms with E-state index < -0.39 is 5.82 Å². The van der Waals surface area contributed by atoms with Gasteiger partial charge in [0, 0.05) is 5.56 Å². The Kier molecular flexibility index (Phi) is 6.35. The Bertz CT molecular complexity index is 1110. The molecule has 2 heterocycles. The van der Waals surface area contributed by atoms with Gasteiger partial charge in [0.25, 0.3) is 0 Å². The lowest BCUT2D eigenvalue weighted by Gasteiger charge is -2.11. The lowest BCUT2D eigenvalue weighted by Crippen LogP contribution is -2.12. The number of aromatic nitrogens is 2. The fourth-order valence-corrected chi connectivity index (χ4v) is 4.00. The van der Waals surface area contributed by atoms with Crippen LogP contribution in [0.2, 0.25) is 5.02 Å². The van der Waals surface area contributed by atoms with Crippen LogP contribution in [0.4, 0.5) is 4.39 Å². The zero-order chi connectivity index (χ0) is 20.9. The van der Waals surface area contributed by atoms with Crippen molar-refractivity contribution in [1.82, 2.24) is 9.78 Å². The quantitative estimate of drug-likeness (QED) is 0.310. The highest BCUT2D eigenvalue weighted by Gasteiger charge is 2.20. The van der Waals surface area contributed by atoms with Gasteiger partial charge in [0.15, 0.2) is 0 Å². The predicted octanol–water partition coefficient (Wildman–Crippen LogP) is 6.55. The van der Waals surface area contributed by atoms with Gasteiger partial charge in [0.1, 0.15) is 18.1 Å². The molecule has 4 rings (SSSR count). The zero-order valence-corrected chi connectivity index (χ0v) is 17.9. The SMILES string of the molecule is CCOc1c(F)c(-c2ccccc2)nn1CCOc1ccc(-c2ccsc2)cc1Cl. The number of ether oxygens (including phenoxy) is 2. The van der Waals surface area contributed by atoms with E-state index in [9.17, 15) is 4.39 Å². The van der Waals surface area contributed by atoms with Crippen molar-refractivity contribution in [3.05, 3.63) is 76.2 Å². The van der Waals surface area contributed by atoms with E-state index in [4.69, 9.17) is 21.1 Å². The first-order valence-electron chi connectivity index (χ1n) is 9.56. The second kappa shape index (κ2) is 9.32. The molecular weight excluding hydrogens is 423 g/mol. The Balaban J connectivity index is 1.48. The first-order valence-corrected chi connectivity index (χ1v) is 10.9. The van der Waals surface area contributed by atoms with Crippen LogP contribution in [0.15, 0.2) is 65.4 Å². The van der Waals surface area contributed by atoms with Gasteiger partial charge in [-0.25, -0.2) is 4.68 Å². The second-order valence-electron chi connectivity index (χ2n) is 6.50. The summed E-state index contributed by atoms with van der Waals surface area (Å²) in [5, 5.41) is 9.02. The van der Waals surface area contributed by atoms with Gasteiger partial charge < -0.3 is 9.47 Å². The molecule has 0 aliphatic rings. The standard InChI is InChI=1S/C23H20ClFN2O2S/c1-2-28-23-21(25)22(16-6-4-3-5-7-16)26-27(23)11-12-29-20-9-8-17(14-19(20)24)18-10-13-30-15-18/h3-10,13-15H,2,11-12H2,1H3. The highest BCUT2D eigenvalue weighted by molar-refractivity contribution is 7.08. The first kappa shape index (κ1) is 20.4. The Morgan fingerprint density at radius 2 is 1.87 bits per heavy atom. The van der Waals surface area contributed by atoms with E-state index in [0.29, 0.717) is 29.5 Å². The molecule has 7 heteroatoms. The molecule has 0 radical (unpaired) electrons. The van der Waals surface area contributed by atoms with Crippen molar-refractivity contribution in [3.63, 3.8) is 0 Å². The molecule has 2 aromatic carbocycles. The van der Waals surface area contributed by atoms with E-state index in [2.05, 4.69) is 10.5 Å². The van der Waals surface area contributed by atoms with Gasteiger partial charge in [0.2, 0.25) is 11.7 Å². The summed E-state index contributed by atoms with van der Waals surface area (Å²) in [6, 6.07) is 16.9. The van der Waals surface area contributed by atoms with Crippen LogP contribution in [0, 0.1) is 5.82 Å². The maximum Gasteiger partial charge on any atom is 0.249 e. The fraction of sp³-hybridized carbons (Fsp3) is 0.174. The summed E-state index contributed by atoms with van der Waals surface area (Å²) >= 11 is 8.03. The van der Waals surface area contributed by atoms with Crippen molar-refractivity contribution in [2.75, 3.05) is 13.2 Å². The van der Waals surface area contributed by atoms with E-state index in [1.165, 1.54) is 4.68 Å². The Morgan fingerprint density at radius 3 is 2.57 bits per heavy atom. The average Bonchev–Trinajstić information content (AvgIpc) is 3.40. The highest BCUT2D eigenvalue weighted by atomic mass is 35.5. The van der Waals surface area contributed by atoms with Crippen molar-refractivity contribution in [1.29, 1.82) is 0 Å². The van der Waals surface area contributed by atoms with Crippen LogP contribution >= 0.6 is 22.9 Å². The molecule has 2 aromatic heterocycles.